The van der Waals surface area contributed by atoms with Crippen molar-refractivity contribution in [2.75, 3.05) is 0 Å². The van der Waals surface area contributed by atoms with Gasteiger partial charge in [-0.25, -0.2) is 4.98 Å². The van der Waals surface area contributed by atoms with Gasteiger partial charge in [-0.2, -0.15) is 13.2 Å². The third kappa shape index (κ3) is 2.56. The van der Waals surface area contributed by atoms with Gasteiger partial charge in [0.25, 0.3) is 0 Å². The van der Waals surface area contributed by atoms with Gasteiger partial charge in [0.05, 0.1) is 16.2 Å². The molecule has 0 aliphatic heterocycles. The second-order valence-corrected chi connectivity index (χ2v) is 3.98. The lowest BCUT2D eigenvalue weighted by Gasteiger charge is -2.05. The number of hydrogen-bond donors (Lipinski definition) is 1. The number of allylic oxidation sites excluding steroid dienone is 1. The van der Waals surface area contributed by atoms with Crippen molar-refractivity contribution >= 4 is 28.6 Å². The number of benzene rings is 1. The molecule has 0 amide bonds. The molecule has 94 valence electrons. The quantitative estimate of drug-likeness (QED) is 0.784. The van der Waals surface area contributed by atoms with Gasteiger partial charge in [-0.1, -0.05) is 29.8 Å². The van der Waals surface area contributed by atoms with Gasteiger partial charge in [0.2, 0.25) is 0 Å². The molecule has 2 nitrogen and oxygen atoms in total. The number of pyridine rings is 1. The van der Waals surface area contributed by atoms with E-state index in [2.05, 4.69) is 4.98 Å². The Labute approximate surface area is 105 Å². The number of halogens is 4. The van der Waals surface area contributed by atoms with E-state index < -0.39 is 11.9 Å². The van der Waals surface area contributed by atoms with Gasteiger partial charge in [0, 0.05) is 11.5 Å². The molecule has 6 heteroatoms. The Bertz CT molecular complexity index is 622. The molecular weight excluding hydrogens is 267 g/mol. The van der Waals surface area contributed by atoms with Gasteiger partial charge in [0.1, 0.15) is 0 Å². The summed E-state index contributed by atoms with van der Waals surface area (Å²) in [4.78, 5) is 3.97. The van der Waals surface area contributed by atoms with Crippen LogP contribution in [0.25, 0.3) is 17.0 Å². The largest absolute Gasteiger partial charge is 0.504 e. The molecule has 0 fully saturated rings. The third-order valence-electron chi connectivity index (χ3n) is 2.26. The summed E-state index contributed by atoms with van der Waals surface area (Å²) in [7, 11) is 0. The number of aliphatic hydroxyl groups is 1. The summed E-state index contributed by atoms with van der Waals surface area (Å²) in [6.45, 7) is 0. The molecule has 0 aliphatic rings. The molecule has 1 N–H and O–H groups in total. The van der Waals surface area contributed by atoms with Crippen LogP contribution in [0.4, 0.5) is 13.2 Å². The van der Waals surface area contributed by atoms with Crippen LogP contribution in [0.3, 0.4) is 0 Å². The average Bonchev–Trinajstić information content (AvgIpc) is 2.27. The van der Waals surface area contributed by atoms with E-state index in [-0.39, 0.29) is 10.7 Å². The van der Waals surface area contributed by atoms with E-state index in [0.29, 0.717) is 17.0 Å². The van der Waals surface area contributed by atoms with Crippen molar-refractivity contribution in [3.63, 3.8) is 0 Å². The summed E-state index contributed by atoms with van der Waals surface area (Å²) in [5, 5.41) is 9.78. The van der Waals surface area contributed by atoms with Crippen LogP contribution in [0.5, 0.6) is 0 Å². The van der Waals surface area contributed by atoms with Gasteiger partial charge >= 0.3 is 6.18 Å². The molecule has 0 saturated heterocycles. The SMILES string of the molecule is O/C(=C\c1cc(Cl)c2ccccc2n1)C(F)(F)F. The van der Waals surface area contributed by atoms with Crippen molar-refractivity contribution < 1.29 is 18.3 Å². The predicted octanol–water partition coefficient (Wildman–Crippen LogP) is 4.35. The first kappa shape index (κ1) is 12.7. The number of aromatic nitrogens is 1. The van der Waals surface area contributed by atoms with Crippen molar-refractivity contribution in [2.24, 2.45) is 0 Å². The summed E-state index contributed by atoms with van der Waals surface area (Å²) in [5.74, 6) is -1.71. The molecule has 1 heterocycles. The third-order valence-corrected chi connectivity index (χ3v) is 2.57. The Hall–Kier alpha value is -1.75. The number of alkyl halides is 3. The van der Waals surface area contributed by atoms with Gasteiger partial charge in [-0.05, 0) is 12.1 Å². The van der Waals surface area contributed by atoms with Crippen LogP contribution in [0, 0.1) is 0 Å². The fourth-order valence-electron chi connectivity index (χ4n) is 1.45. The standard InChI is InChI=1S/C12H7ClF3NO/c13-9-5-7(6-11(18)12(14,15)16)17-10-4-2-1-3-8(9)10/h1-6,18H/b11-6-. The van der Waals surface area contributed by atoms with E-state index in [1.165, 1.54) is 6.07 Å². The Morgan fingerprint density at radius 3 is 2.61 bits per heavy atom. The molecule has 0 atom stereocenters. The zero-order valence-corrected chi connectivity index (χ0v) is 9.63. The number of para-hydroxylation sites is 1. The summed E-state index contributed by atoms with van der Waals surface area (Å²) in [5.41, 5.74) is 0.416. The Morgan fingerprint density at radius 2 is 1.94 bits per heavy atom. The van der Waals surface area contributed by atoms with Crippen LogP contribution < -0.4 is 0 Å². The van der Waals surface area contributed by atoms with Gasteiger partial charge in [0.15, 0.2) is 5.76 Å². The highest BCUT2D eigenvalue weighted by molar-refractivity contribution is 6.35. The second-order valence-electron chi connectivity index (χ2n) is 3.57. The monoisotopic (exact) mass is 273 g/mol. The molecular formula is C12H7ClF3NO. The highest BCUT2D eigenvalue weighted by atomic mass is 35.5. The van der Waals surface area contributed by atoms with Crippen LogP contribution in [-0.2, 0) is 0 Å². The van der Waals surface area contributed by atoms with E-state index in [4.69, 9.17) is 16.7 Å². The first-order valence-corrected chi connectivity index (χ1v) is 5.29. The Kier molecular flexibility index (Phi) is 3.17. The summed E-state index contributed by atoms with van der Waals surface area (Å²) < 4.78 is 36.5. The minimum Gasteiger partial charge on any atom is -0.504 e. The molecule has 0 aliphatic carbocycles. The molecule has 1 aromatic carbocycles. The maximum atomic E-state index is 12.2. The van der Waals surface area contributed by atoms with Crippen LogP contribution in [0.2, 0.25) is 5.02 Å². The molecule has 0 unspecified atom stereocenters. The fraction of sp³-hybridized carbons (Fsp3) is 0.0833. The van der Waals surface area contributed by atoms with E-state index in [0.717, 1.165) is 0 Å². The minimum atomic E-state index is -4.79. The Morgan fingerprint density at radius 1 is 1.28 bits per heavy atom. The summed E-state index contributed by atoms with van der Waals surface area (Å²) in [6, 6.07) is 8.05. The van der Waals surface area contributed by atoms with E-state index in [9.17, 15) is 13.2 Å². The summed E-state index contributed by atoms with van der Waals surface area (Å²) >= 11 is 5.93. The first-order valence-electron chi connectivity index (χ1n) is 4.91. The zero-order valence-electron chi connectivity index (χ0n) is 8.87. The minimum absolute atomic E-state index is 0.0477. The van der Waals surface area contributed by atoms with Crippen molar-refractivity contribution in [1.29, 1.82) is 0 Å². The lowest BCUT2D eigenvalue weighted by atomic mass is 10.2. The van der Waals surface area contributed by atoms with Crippen LogP contribution in [-0.4, -0.2) is 16.3 Å². The van der Waals surface area contributed by atoms with Gasteiger partial charge < -0.3 is 5.11 Å². The topological polar surface area (TPSA) is 33.1 Å². The molecule has 1 aromatic heterocycles. The first-order chi connectivity index (χ1) is 8.38. The van der Waals surface area contributed by atoms with E-state index in [1.807, 2.05) is 0 Å². The van der Waals surface area contributed by atoms with Crippen LogP contribution in [0.1, 0.15) is 5.69 Å². The lowest BCUT2D eigenvalue weighted by molar-refractivity contribution is -0.119. The van der Waals surface area contributed by atoms with Crippen LogP contribution in [0.15, 0.2) is 36.1 Å². The van der Waals surface area contributed by atoms with Crippen molar-refractivity contribution in [1.82, 2.24) is 4.98 Å². The van der Waals surface area contributed by atoms with Gasteiger partial charge in [-0.15, -0.1) is 0 Å². The highest BCUT2D eigenvalue weighted by Crippen LogP contribution is 2.27. The maximum Gasteiger partial charge on any atom is 0.448 e. The molecule has 0 bridgehead atoms. The smallest absolute Gasteiger partial charge is 0.448 e. The molecule has 2 rings (SSSR count). The number of aliphatic hydroxyl groups excluding tert-OH is 1. The summed E-state index contributed by atoms with van der Waals surface area (Å²) in [6.07, 6.45) is -4.25. The molecule has 2 aromatic rings. The zero-order chi connectivity index (χ0) is 13.3. The molecule has 0 saturated carbocycles. The second kappa shape index (κ2) is 4.49. The average molecular weight is 274 g/mol. The van der Waals surface area contributed by atoms with Crippen molar-refractivity contribution in [3.8, 4) is 0 Å². The van der Waals surface area contributed by atoms with Gasteiger partial charge in [-0.3, -0.25) is 0 Å². The molecule has 18 heavy (non-hydrogen) atoms. The molecule has 0 spiro atoms. The normalized spacial score (nSPS) is 13.0. The predicted molar refractivity (Wildman–Crippen MR) is 63.4 cm³/mol. The number of fused-ring (bicyclic) bond motifs is 1. The highest BCUT2D eigenvalue weighted by Gasteiger charge is 2.33. The number of nitrogens with zero attached hydrogens (tertiary/aromatic N) is 1. The fourth-order valence-corrected chi connectivity index (χ4v) is 1.72. The van der Waals surface area contributed by atoms with E-state index in [1.54, 1.807) is 24.3 Å². The Balaban J connectivity index is 2.54. The maximum absolute atomic E-state index is 12.2. The van der Waals surface area contributed by atoms with Crippen molar-refractivity contribution in [3.05, 3.63) is 46.8 Å². The number of rotatable bonds is 1. The van der Waals surface area contributed by atoms with Crippen LogP contribution >= 0.6 is 11.6 Å². The number of hydrogen-bond acceptors (Lipinski definition) is 2. The van der Waals surface area contributed by atoms with E-state index >= 15 is 0 Å². The molecule has 0 radical (unpaired) electrons. The lowest BCUT2D eigenvalue weighted by Crippen LogP contribution is -2.10. The van der Waals surface area contributed by atoms with Crippen molar-refractivity contribution in [2.45, 2.75) is 6.18 Å².